The molecule has 9 heteroatoms. The average molecular weight is 468 g/mol. The molecule has 2 aromatic carbocycles. The fourth-order valence-corrected chi connectivity index (χ4v) is 3.94. The van der Waals surface area contributed by atoms with Crippen molar-refractivity contribution in [1.29, 1.82) is 0 Å². The molecule has 164 valence electrons. The van der Waals surface area contributed by atoms with Crippen molar-refractivity contribution >= 4 is 43.8 Å². The van der Waals surface area contributed by atoms with Crippen molar-refractivity contribution in [2.45, 2.75) is 11.6 Å². The van der Waals surface area contributed by atoms with E-state index < -0.39 is 9.84 Å². The van der Waals surface area contributed by atoms with E-state index in [4.69, 9.17) is 11.6 Å². The molecule has 2 heterocycles. The number of pyridine rings is 1. The molecule has 0 aliphatic carbocycles. The summed E-state index contributed by atoms with van der Waals surface area (Å²) in [5, 5.41) is 8.09. The van der Waals surface area contributed by atoms with Crippen LogP contribution in [0.4, 0.5) is 11.5 Å². The van der Waals surface area contributed by atoms with Gasteiger partial charge in [-0.3, -0.25) is 4.98 Å². The maximum atomic E-state index is 12.1. The van der Waals surface area contributed by atoms with E-state index in [1.54, 1.807) is 12.3 Å². The zero-order valence-corrected chi connectivity index (χ0v) is 19.0. The van der Waals surface area contributed by atoms with Gasteiger partial charge < -0.3 is 10.6 Å². The third-order valence-electron chi connectivity index (χ3n) is 4.79. The first kappa shape index (κ1) is 22.0. The van der Waals surface area contributed by atoms with E-state index in [9.17, 15) is 8.42 Å². The van der Waals surface area contributed by atoms with E-state index in [0.717, 1.165) is 34.8 Å². The predicted octanol–water partition coefficient (Wildman–Crippen LogP) is 4.66. The summed E-state index contributed by atoms with van der Waals surface area (Å²) >= 11 is 6.05. The second-order valence-electron chi connectivity index (χ2n) is 7.29. The number of benzene rings is 2. The summed E-state index contributed by atoms with van der Waals surface area (Å²) < 4.78 is 24.1. The van der Waals surface area contributed by atoms with Gasteiger partial charge in [-0.1, -0.05) is 41.9 Å². The summed E-state index contributed by atoms with van der Waals surface area (Å²) in [4.78, 5) is 12.8. The van der Waals surface area contributed by atoms with Crippen molar-refractivity contribution in [3.05, 3.63) is 71.9 Å². The van der Waals surface area contributed by atoms with Crippen LogP contribution in [0.5, 0.6) is 0 Å². The maximum absolute atomic E-state index is 12.1. The Morgan fingerprint density at radius 2 is 1.72 bits per heavy atom. The number of hydrogen-bond donors (Lipinski definition) is 2. The van der Waals surface area contributed by atoms with E-state index in [2.05, 4.69) is 25.6 Å². The van der Waals surface area contributed by atoms with Crippen molar-refractivity contribution in [2.24, 2.45) is 0 Å². The molecule has 2 N–H and O–H groups in total. The summed E-state index contributed by atoms with van der Waals surface area (Å²) in [6.45, 7) is 1.32. The Bertz CT molecular complexity index is 1350. The van der Waals surface area contributed by atoms with E-state index in [1.165, 1.54) is 0 Å². The third-order valence-corrected chi connectivity index (χ3v) is 5.87. The van der Waals surface area contributed by atoms with Gasteiger partial charge in [0.15, 0.2) is 0 Å². The Labute approximate surface area is 191 Å². The smallest absolute Gasteiger partial charge is 0.249 e. The second-order valence-corrected chi connectivity index (χ2v) is 9.63. The largest absolute Gasteiger partial charge is 0.384 e. The molecule has 32 heavy (non-hydrogen) atoms. The van der Waals surface area contributed by atoms with Gasteiger partial charge in [-0.05, 0) is 30.7 Å². The van der Waals surface area contributed by atoms with Crippen LogP contribution in [0.1, 0.15) is 6.42 Å². The summed E-state index contributed by atoms with van der Waals surface area (Å²) in [5.41, 5.74) is 3.21. The van der Waals surface area contributed by atoms with Gasteiger partial charge in [0.1, 0.15) is 5.82 Å². The van der Waals surface area contributed by atoms with E-state index >= 15 is 0 Å². The number of nitrogens with zero attached hydrogens (tertiary/aromatic N) is 3. The molecule has 0 bridgehead atoms. The average Bonchev–Trinajstić information content (AvgIpc) is 2.78. The van der Waals surface area contributed by atoms with Crippen LogP contribution in [0.25, 0.3) is 22.2 Å². The Hall–Kier alpha value is -3.23. The van der Waals surface area contributed by atoms with Crippen LogP contribution in [0, 0.1) is 0 Å². The van der Waals surface area contributed by atoms with Crippen LogP contribution >= 0.6 is 11.6 Å². The van der Waals surface area contributed by atoms with Gasteiger partial charge in [-0.2, -0.15) is 0 Å². The summed E-state index contributed by atoms with van der Waals surface area (Å²) in [5.74, 6) is 0.475. The Kier molecular flexibility index (Phi) is 6.53. The highest BCUT2D eigenvalue weighted by atomic mass is 35.5. The molecule has 0 saturated carbocycles. The lowest BCUT2D eigenvalue weighted by Crippen LogP contribution is -2.12. The van der Waals surface area contributed by atoms with Crippen molar-refractivity contribution in [2.75, 3.05) is 30.0 Å². The minimum absolute atomic E-state index is 0.193. The number of rotatable bonds is 8. The molecular formula is C23H22ClN5O2S. The molecule has 0 fully saturated rings. The van der Waals surface area contributed by atoms with Crippen molar-refractivity contribution in [3.8, 4) is 11.3 Å². The molecule has 4 rings (SSSR count). The number of sulfone groups is 1. The Balaban J connectivity index is 1.42. The topological polar surface area (TPSA) is 96.9 Å². The second kappa shape index (κ2) is 9.50. The van der Waals surface area contributed by atoms with Crippen molar-refractivity contribution in [1.82, 2.24) is 15.0 Å². The van der Waals surface area contributed by atoms with Gasteiger partial charge in [0.25, 0.3) is 0 Å². The van der Waals surface area contributed by atoms with Crippen molar-refractivity contribution < 1.29 is 8.42 Å². The fourth-order valence-electron chi connectivity index (χ4n) is 3.24. The number of nitrogens with one attached hydrogen (secondary N) is 2. The Morgan fingerprint density at radius 1 is 0.938 bits per heavy atom. The van der Waals surface area contributed by atoms with Gasteiger partial charge in [0, 0.05) is 53.3 Å². The first-order chi connectivity index (χ1) is 15.4. The first-order valence-corrected chi connectivity index (χ1v) is 12.3. The molecule has 2 aromatic heterocycles. The number of aromatic nitrogens is 3. The quantitative estimate of drug-likeness (QED) is 0.287. The SMILES string of the molecule is CS(=O)(=O)c1nc(NCCCNc2ccnc3cc(Cl)ccc23)cc(-c2ccccc2)n1. The fraction of sp³-hybridized carbons (Fsp3) is 0.174. The number of anilines is 2. The lowest BCUT2D eigenvalue weighted by atomic mass is 10.1. The Morgan fingerprint density at radius 3 is 2.50 bits per heavy atom. The van der Waals surface area contributed by atoms with Crippen LogP contribution in [0.15, 0.2) is 72.0 Å². The zero-order valence-electron chi connectivity index (χ0n) is 17.4. The van der Waals surface area contributed by atoms with Crippen molar-refractivity contribution in [3.63, 3.8) is 0 Å². The van der Waals surface area contributed by atoms with Crippen LogP contribution in [0.2, 0.25) is 5.02 Å². The maximum Gasteiger partial charge on any atom is 0.249 e. The van der Waals surface area contributed by atoms with Gasteiger partial charge in [-0.25, -0.2) is 18.4 Å². The highest BCUT2D eigenvalue weighted by Gasteiger charge is 2.15. The van der Waals surface area contributed by atoms with Crippen LogP contribution < -0.4 is 10.6 Å². The standard InChI is InChI=1S/C23H22ClN5O2S/c1-32(30,31)23-28-20(16-6-3-2-4-7-16)15-22(29-23)27-12-5-11-25-19-10-13-26-21-14-17(24)8-9-18(19)21/h2-4,6-10,13-15H,5,11-12H2,1H3,(H,25,26)(H,27,28,29). The monoisotopic (exact) mass is 467 g/mol. The van der Waals surface area contributed by atoms with Gasteiger partial charge >= 0.3 is 0 Å². The summed E-state index contributed by atoms with van der Waals surface area (Å²) in [6, 6.07) is 18.7. The third kappa shape index (κ3) is 5.33. The number of halogens is 1. The summed E-state index contributed by atoms with van der Waals surface area (Å²) in [7, 11) is -3.54. The molecule has 0 aliphatic heterocycles. The van der Waals surface area contributed by atoms with Crippen LogP contribution in [-0.2, 0) is 9.84 Å². The van der Waals surface area contributed by atoms with Gasteiger partial charge in [-0.15, -0.1) is 0 Å². The van der Waals surface area contributed by atoms with Gasteiger partial charge in [0.05, 0.1) is 11.2 Å². The normalized spacial score (nSPS) is 11.4. The van der Waals surface area contributed by atoms with Crippen LogP contribution in [0.3, 0.4) is 0 Å². The van der Waals surface area contributed by atoms with Crippen LogP contribution in [-0.4, -0.2) is 42.7 Å². The minimum Gasteiger partial charge on any atom is -0.384 e. The molecule has 0 radical (unpaired) electrons. The van der Waals surface area contributed by atoms with E-state index in [-0.39, 0.29) is 5.16 Å². The molecule has 0 aliphatic rings. The molecule has 0 saturated heterocycles. The highest BCUT2D eigenvalue weighted by molar-refractivity contribution is 7.90. The molecule has 4 aromatic rings. The lowest BCUT2D eigenvalue weighted by Gasteiger charge is -2.11. The highest BCUT2D eigenvalue weighted by Crippen LogP contribution is 2.24. The van der Waals surface area contributed by atoms with Gasteiger partial charge in [0.2, 0.25) is 15.0 Å². The zero-order chi connectivity index (χ0) is 22.6. The molecule has 0 atom stereocenters. The molecule has 7 nitrogen and oxygen atoms in total. The molecular weight excluding hydrogens is 446 g/mol. The van der Waals surface area contributed by atoms with E-state index in [1.807, 2.05) is 54.6 Å². The summed E-state index contributed by atoms with van der Waals surface area (Å²) in [6.07, 6.45) is 3.64. The van der Waals surface area contributed by atoms with E-state index in [0.29, 0.717) is 29.6 Å². The lowest BCUT2D eigenvalue weighted by molar-refractivity contribution is 0.593. The minimum atomic E-state index is -3.54. The number of hydrogen-bond acceptors (Lipinski definition) is 7. The predicted molar refractivity (Wildman–Crippen MR) is 129 cm³/mol. The molecule has 0 spiro atoms. The number of fused-ring (bicyclic) bond motifs is 1. The first-order valence-electron chi connectivity index (χ1n) is 10.1. The molecule has 0 unspecified atom stereocenters. The molecule has 0 amide bonds.